The molecular formula is C15H17N3O3S. The van der Waals surface area contributed by atoms with Gasteiger partial charge in [-0.3, -0.25) is 9.78 Å². The van der Waals surface area contributed by atoms with Crippen LogP contribution in [0.2, 0.25) is 0 Å². The van der Waals surface area contributed by atoms with Crippen LogP contribution in [0.4, 0.5) is 0 Å². The van der Waals surface area contributed by atoms with Crippen LogP contribution in [-0.4, -0.2) is 26.4 Å². The average Bonchev–Trinajstić information content (AvgIpc) is 2.53. The topological polar surface area (TPSA) is 88.2 Å². The van der Waals surface area contributed by atoms with Crippen molar-refractivity contribution in [1.82, 2.24) is 15.0 Å². The second-order valence-corrected chi connectivity index (χ2v) is 6.61. The maximum atomic E-state index is 12.0. The van der Waals surface area contributed by atoms with Gasteiger partial charge in [0.05, 0.1) is 10.5 Å². The van der Waals surface area contributed by atoms with Gasteiger partial charge in [-0.15, -0.1) is 0 Å². The summed E-state index contributed by atoms with van der Waals surface area (Å²) < 4.78 is 25.7. The number of hydrogen-bond acceptors (Lipinski definition) is 4. The summed E-state index contributed by atoms with van der Waals surface area (Å²) in [6.07, 6.45) is 1.51. The van der Waals surface area contributed by atoms with Crippen LogP contribution in [0, 0.1) is 6.92 Å². The molecule has 0 spiro atoms. The van der Waals surface area contributed by atoms with Crippen molar-refractivity contribution in [2.24, 2.45) is 0 Å². The van der Waals surface area contributed by atoms with Gasteiger partial charge in [-0.2, -0.15) is 0 Å². The molecule has 2 N–H and O–H groups in total. The first-order chi connectivity index (χ1) is 10.4. The molecule has 1 aromatic heterocycles. The average molecular weight is 319 g/mol. The number of carbonyl (C=O) groups is 1. The van der Waals surface area contributed by atoms with Crippen molar-refractivity contribution in [1.29, 1.82) is 0 Å². The van der Waals surface area contributed by atoms with E-state index in [4.69, 9.17) is 0 Å². The number of nitrogens with one attached hydrogen (secondary N) is 2. The van der Waals surface area contributed by atoms with Gasteiger partial charge in [0.25, 0.3) is 5.91 Å². The number of benzene rings is 1. The molecule has 0 fully saturated rings. The van der Waals surface area contributed by atoms with E-state index in [2.05, 4.69) is 15.0 Å². The quantitative estimate of drug-likeness (QED) is 0.867. The van der Waals surface area contributed by atoms with Crippen molar-refractivity contribution in [3.05, 3.63) is 59.4 Å². The Morgan fingerprint density at radius 1 is 1.23 bits per heavy atom. The maximum absolute atomic E-state index is 12.0. The zero-order valence-electron chi connectivity index (χ0n) is 12.3. The van der Waals surface area contributed by atoms with Crippen LogP contribution in [0.1, 0.15) is 21.6 Å². The number of amides is 1. The van der Waals surface area contributed by atoms with E-state index in [9.17, 15) is 13.2 Å². The molecule has 6 nitrogen and oxygen atoms in total. The molecule has 0 atom stereocenters. The molecule has 116 valence electrons. The Morgan fingerprint density at radius 3 is 2.64 bits per heavy atom. The lowest BCUT2D eigenvalue weighted by molar-refractivity contribution is 0.0950. The molecule has 22 heavy (non-hydrogen) atoms. The smallest absolute Gasteiger partial charge is 0.253 e. The van der Waals surface area contributed by atoms with E-state index in [1.165, 1.54) is 25.4 Å². The van der Waals surface area contributed by atoms with Crippen molar-refractivity contribution in [2.75, 3.05) is 7.05 Å². The molecule has 0 radical (unpaired) electrons. The van der Waals surface area contributed by atoms with Crippen LogP contribution in [0.3, 0.4) is 0 Å². The van der Waals surface area contributed by atoms with Crippen molar-refractivity contribution < 1.29 is 13.2 Å². The second kappa shape index (κ2) is 6.67. The van der Waals surface area contributed by atoms with Crippen LogP contribution >= 0.6 is 0 Å². The van der Waals surface area contributed by atoms with E-state index in [1.54, 1.807) is 24.3 Å². The Balaban J connectivity index is 2.07. The van der Waals surface area contributed by atoms with Crippen LogP contribution in [-0.2, 0) is 16.6 Å². The number of sulfonamides is 1. The SMILES string of the molecule is CNS(=O)(=O)c1cccc(CNC(=O)c2ccc(C)nc2)c1. The molecule has 1 aromatic carbocycles. The predicted molar refractivity (Wildman–Crippen MR) is 82.8 cm³/mol. The lowest BCUT2D eigenvalue weighted by Crippen LogP contribution is -2.23. The third-order valence-electron chi connectivity index (χ3n) is 3.10. The molecule has 7 heteroatoms. The first-order valence-corrected chi connectivity index (χ1v) is 8.14. The lowest BCUT2D eigenvalue weighted by atomic mass is 10.2. The van der Waals surface area contributed by atoms with Crippen molar-refractivity contribution in [2.45, 2.75) is 18.4 Å². The van der Waals surface area contributed by atoms with Gasteiger partial charge in [-0.1, -0.05) is 12.1 Å². The fourth-order valence-corrected chi connectivity index (χ4v) is 2.63. The Kier molecular flexibility index (Phi) is 4.89. The Labute approximate surface area is 129 Å². The highest BCUT2D eigenvalue weighted by atomic mass is 32.2. The van der Waals surface area contributed by atoms with Crippen LogP contribution in [0.15, 0.2) is 47.5 Å². The van der Waals surface area contributed by atoms with Crippen molar-refractivity contribution in [3.63, 3.8) is 0 Å². The van der Waals surface area contributed by atoms with E-state index in [-0.39, 0.29) is 17.3 Å². The Morgan fingerprint density at radius 2 is 2.00 bits per heavy atom. The van der Waals surface area contributed by atoms with Gasteiger partial charge < -0.3 is 5.32 Å². The summed E-state index contributed by atoms with van der Waals surface area (Å²) in [7, 11) is -2.13. The van der Waals surface area contributed by atoms with E-state index >= 15 is 0 Å². The Bertz CT molecular complexity index is 771. The molecule has 0 aliphatic rings. The van der Waals surface area contributed by atoms with Gasteiger partial charge in [0, 0.05) is 18.4 Å². The Hall–Kier alpha value is -2.25. The van der Waals surface area contributed by atoms with Gasteiger partial charge in [-0.25, -0.2) is 13.1 Å². The zero-order chi connectivity index (χ0) is 16.2. The summed E-state index contributed by atoms with van der Waals surface area (Å²) in [5.41, 5.74) is 2.00. The van der Waals surface area contributed by atoms with Crippen molar-refractivity contribution in [3.8, 4) is 0 Å². The highest BCUT2D eigenvalue weighted by Crippen LogP contribution is 2.11. The molecule has 0 saturated carbocycles. The monoisotopic (exact) mass is 319 g/mol. The minimum Gasteiger partial charge on any atom is -0.348 e. The standard InChI is InChI=1S/C15H17N3O3S/c1-11-6-7-13(10-17-11)15(19)18-9-12-4-3-5-14(8-12)22(20,21)16-2/h3-8,10,16H,9H2,1-2H3,(H,18,19). The molecule has 2 rings (SSSR count). The fraction of sp³-hybridized carbons (Fsp3) is 0.200. The highest BCUT2D eigenvalue weighted by Gasteiger charge is 2.12. The van der Waals surface area contributed by atoms with Gasteiger partial charge >= 0.3 is 0 Å². The summed E-state index contributed by atoms with van der Waals surface area (Å²) in [6.45, 7) is 2.08. The number of hydrogen-bond donors (Lipinski definition) is 2. The number of aryl methyl sites for hydroxylation is 1. The van der Waals surface area contributed by atoms with E-state index in [0.29, 0.717) is 11.1 Å². The molecule has 1 heterocycles. The third kappa shape index (κ3) is 3.90. The van der Waals surface area contributed by atoms with Gasteiger partial charge in [0.1, 0.15) is 0 Å². The highest BCUT2D eigenvalue weighted by molar-refractivity contribution is 7.89. The molecule has 2 aromatic rings. The first-order valence-electron chi connectivity index (χ1n) is 6.66. The third-order valence-corrected chi connectivity index (χ3v) is 4.52. The fourth-order valence-electron chi connectivity index (χ4n) is 1.83. The normalized spacial score (nSPS) is 11.2. The van der Waals surface area contributed by atoms with Crippen molar-refractivity contribution >= 4 is 15.9 Å². The summed E-state index contributed by atoms with van der Waals surface area (Å²) in [4.78, 5) is 16.2. The lowest BCUT2D eigenvalue weighted by Gasteiger charge is -2.08. The number of rotatable bonds is 5. The van der Waals surface area contributed by atoms with E-state index in [0.717, 1.165) is 5.69 Å². The van der Waals surface area contributed by atoms with Crippen LogP contribution in [0.25, 0.3) is 0 Å². The number of carbonyl (C=O) groups excluding carboxylic acids is 1. The first kappa shape index (κ1) is 16.1. The van der Waals surface area contributed by atoms with Gasteiger partial charge in [0.2, 0.25) is 10.0 Å². The molecule has 0 aliphatic carbocycles. The molecular weight excluding hydrogens is 302 g/mol. The van der Waals surface area contributed by atoms with Gasteiger partial charge in [0.15, 0.2) is 0 Å². The number of nitrogens with zero attached hydrogens (tertiary/aromatic N) is 1. The molecule has 0 unspecified atom stereocenters. The summed E-state index contributed by atoms with van der Waals surface area (Å²) in [5, 5.41) is 2.74. The second-order valence-electron chi connectivity index (χ2n) is 4.73. The molecule has 0 saturated heterocycles. The van der Waals surface area contributed by atoms with Gasteiger partial charge in [-0.05, 0) is 43.8 Å². The van der Waals surface area contributed by atoms with E-state index in [1.807, 2.05) is 6.92 Å². The zero-order valence-corrected chi connectivity index (χ0v) is 13.1. The summed E-state index contributed by atoms with van der Waals surface area (Å²) in [5.74, 6) is -0.255. The minimum absolute atomic E-state index is 0.166. The van der Waals surface area contributed by atoms with Crippen LogP contribution < -0.4 is 10.0 Å². The maximum Gasteiger partial charge on any atom is 0.253 e. The molecule has 0 aliphatic heterocycles. The predicted octanol–water partition coefficient (Wildman–Crippen LogP) is 1.23. The number of pyridine rings is 1. The van der Waals surface area contributed by atoms with Crippen LogP contribution in [0.5, 0.6) is 0 Å². The minimum atomic E-state index is -3.49. The van der Waals surface area contributed by atoms with E-state index < -0.39 is 10.0 Å². The summed E-state index contributed by atoms with van der Waals surface area (Å²) in [6, 6.07) is 9.87. The molecule has 0 bridgehead atoms. The molecule has 1 amide bonds. The largest absolute Gasteiger partial charge is 0.348 e. The summed E-state index contributed by atoms with van der Waals surface area (Å²) >= 11 is 0. The number of aromatic nitrogens is 1.